The molecule has 27 nitrogen and oxygen atoms in total. The molecule has 0 bridgehead atoms. The van der Waals surface area contributed by atoms with E-state index in [1.54, 1.807) is 0 Å². The van der Waals surface area contributed by atoms with Crippen molar-refractivity contribution in [1.82, 2.24) is 0 Å². The van der Waals surface area contributed by atoms with Crippen LogP contribution >= 0.6 is 54.8 Å². The molecular weight excluding hydrogens is 721 g/mol. The monoisotopic (exact) mass is 740 g/mol. The summed E-state index contributed by atoms with van der Waals surface area (Å²) in [6.45, 7) is 0. The van der Waals surface area contributed by atoms with E-state index in [1.807, 2.05) is 0 Å². The van der Waals surface area contributed by atoms with Crippen LogP contribution in [0.3, 0.4) is 0 Å². The van der Waals surface area contributed by atoms with Crippen LogP contribution in [-0.2, 0) is 63.2 Å². The molecule has 0 aliphatic heterocycles. The molecule has 1 aliphatic rings. The maximum absolute atomic E-state index is 12.1. The van der Waals surface area contributed by atoms with Crippen LogP contribution in [0.25, 0.3) is 0 Å². The molecular formula is C6H19O27P7. The number of hydrogen-bond donors (Lipinski definition) is 13. The minimum atomic E-state index is -6.36. The van der Waals surface area contributed by atoms with Crippen LogP contribution in [-0.4, -0.2) is 100 Å². The van der Waals surface area contributed by atoms with Crippen LogP contribution in [0.2, 0.25) is 0 Å². The second kappa shape index (κ2) is 13.0. The lowest BCUT2D eigenvalue weighted by Gasteiger charge is -2.47. The highest BCUT2D eigenvalue weighted by atomic mass is 31.3. The van der Waals surface area contributed by atoms with Gasteiger partial charge in [0.2, 0.25) is 0 Å². The van der Waals surface area contributed by atoms with E-state index in [0.717, 1.165) is 0 Å². The summed E-state index contributed by atoms with van der Waals surface area (Å²) in [6, 6.07) is 0. The zero-order chi connectivity index (χ0) is 31.9. The fourth-order valence-electron chi connectivity index (χ4n) is 2.83. The summed E-state index contributed by atoms with van der Waals surface area (Å²) >= 11 is 0. The highest BCUT2D eigenvalue weighted by Gasteiger charge is 2.61. The van der Waals surface area contributed by atoms with Crippen molar-refractivity contribution in [2.75, 3.05) is 0 Å². The van der Waals surface area contributed by atoms with E-state index < -0.39 is 91.4 Å². The van der Waals surface area contributed by atoms with E-state index in [1.165, 1.54) is 0 Å². The van der Waals surface area contributed by atoms with Gasteiger partial charge in [0.15, 0.2) is 0 Å². The summed E-state index contributed by atoms with van der Waals surface area (Å²) in [7, 11) is -43.1. The Balaban J connectivity index is 3.95. The van der Waals surface area contributed by atoms with Crippen LogP contribution in [0.4, 0.5) is 0 Å². The van der Waals surface area contributed by atoms with E-state index >= 15 is 0 Å². The van der Waals surface area contributed by atoms with Crippen LogP contribution < -0.4 is 0 Å². The Morgan fingerprint density at radius 1 is 0.350 bits per heavy atom. The summed E-state index contributed by atoms with van der Waals surface area (Å²) in [6.07, 6.45) is -19.5. The molecule has 13 N–H and O–H groups in total. The molecule has 1 aliphatic carbocycles. The molecule has 1 saturated carbocycles. The molecule has 0 aromatic heterocycles. The van der Waals surface area contributed by atoms with Crippen LogP contribution in [0, 0.1) is 0 Å². The van der Waals surface area contributed by atoms with Gasteiger partial charge in [0, 0.05) is 0 Å². The van der Waals surface area contributed by atoms with Crippen molar-refractivity contribution < 1.29 is 127 Å². The third-order valence-corrected chi connectivity index (χ3v) is 9.60. The smallest absolute Gasteiger partial charge is 0.387 e. The maximum atomic E-state index is 12.1. The standard InChI is InChI=1S/C6H19O27P7/c7-1-2(27-34(8,9)10)4(30-39(23,24)32-37(17,18)19)6(29-36(14,15)16)5(3(1)28-35(11,12)13)31-40(25,26)33-38(20,21)22/h1-7H,(H,23,24)(H,25,26)(H2,8,9,10)(H2,11,12,13)(H2,14,15,16)(H2,17,18,19)(H2,20,21,22)/t1?,2-,3+,4-,5-,6?/m0/s1. The molecule has 0 aromatic carbocycles. The van der Waals surface area contributed by atoms with Gasteiger partial charge in [-0.25, -0.2) is 32.0 Å². The molecule has 0 amide bonds. The van der Waals surface area contributed by atoms with Crippen molar-refractivity contribution in [3.63, 3.8) is 0 Å². The first-order valence-electron chi connectivity index (χ1n) is 8.76. The second-order valence-corrected chi connectivity index (χ2v) is 16.0. The first-order chi connectivity index (χ1) is 17.3. The molecule has 8 atom stereocenters. The largest absolute Gasteiger partial charge is 0.481 e. The molecule has 1 fully saturated rings. The van der Waals surface area contributed by atoms with Crippen molar-refractivity contribution in [2.24, 2.45) is 0 Å². The van der Waals surface area contributed by atoms with Crippen molar-refractivity contribution in [3.8, 4) is 0 Å². The summed E-state index contributed by atoms with van der Waals surface area (Å²) < 4.78 is 108. The highest BCUT2D eigenvalue weighted by Crippen LogP contribution is 2.63. The number of hydrogen-bond acceptors (Lipinski definition) is 15. The van der Waals surface area contributed by atoms with Crippen LogP contribution in [0.1, 0.15) is 0 Å². The molecule has 0 saturated heterocycles. The fourth-order valence-corrected chi connectivity index (χ4v) is 8.07. The molecule has 0 aromatic rings. The van der Waals surface area contributed by atoms with Crippen LogP contribution in [0.15, 0.2) is 0 Å². The van der Waals surface area contributed by atoms with Gasteiger partial charge in [-0.15, -0.1) is 0 Å². The molecule has 0 heterocycles. The van der Waals surface area contributed by atoms with Crippen molar-refractivity contribution in [1.29, 1.82) is 0 Å². The predicted molar refractivity (Wildman–Crippen MR) is 112 cm³/mol. The number of aliphatic hydroxyl groups is 1. The molecule has 34 heteroatoms. The summed E-state index contributed by atoms with van der Waals surface area (Å²) in [5.74, 6) is 0. The molecule has 4 unspecified atom stereocenters. The van der Waals surface area contributed by atoms with Gasteiger partial charge in [-0.1, -0.05) is 0 Å². The second-order valence-electron chi connectivity index (χ2n) is 6.89. The summed E-state index contributed by atoms with van der Waals surface area (Å²) in [5, 5.41) is 10.5. The van der Waals surface area contributed by atoms with Gasteiger partial charge in [0.1, 0.15) is 36.6 Å². The van der Waals surface area contributed by atoms with E-state index in [-0.39, 0.29) is 0 Å². The number of aliphatic hydroxyl groups excluding tert-OH is 1. The van der Waals surface area contributed by atoms with Crippen LogP contribution in [0.5, 0.6) is 0 Å². The first-order valence-corrected chi connectivity index (χ1v) is 19.4. The Bertz CT molecular complexity index is 1140. The average molecular weight is 740 g/mol. The zero-order valence-electron chi connectivity index (χ0n) is 18.1. The van der Waals surface area contributed by atoms with E-state index in [4.69, 9.17) is 39.1 Å². The number of rotatable bonds is 14. The lowest BCUT2D eigenvalue weighted by atomic mass is 9.85. The van der Waals surface area contributed by atoms with Gasteiger partial charge in [-0.05, 0) is 0 Å². The average Bonchev–Trinajstić information content (AvgIpc) is 2.57. The van der Waals surface area contributed by atoms with Gasteiger partial charge >= 0.3 is 54.8 Å². The number of phosphoric ester groups is 5. The summed E-state index contributed by atoms with van der Waals surface area (Å²) in [5.41, 5.74) is 0. The number of phosphoric acid groups is 7. The highest BCUT2D eigenvalue weighted by molar-refractivity contribution is 7.61. The molecule has 40 heavy (non-hydrogen) atoms. The topological polar surface area (TPSA) is 447 Å². The maximum Gasteiger partial charge on any atom is 0.481 e. The van der Waals surface area contributed by atoms with Crippen molar-refractivity contribution in [3.05, 3.63) is 0 Å². The van der Waals surface area contributed by atoms with Gasteiger partial charge < -0.3 is 63.8 Å². The zero-order valence-corrected chi connectivity index (χ0v) is 24.4. The minimum Gasteiger partial charge on any atom is -0.387 e. The normalized spacial score (nSPS) is 30.4. The lowest BCUT2D eigenvalue weighted by Crippen LogP contribution is -2.66. The predicted octanol–water partition coefficient (Wildman–Crippen LogP) is -3.02. The van der Waals surface area contributed by atoms with Gasteiger partial charge in [-0.3, -0.25) is 22.6 Å². The lowest BCUT2D eigenvalue weighted by molar-refractivity contribution is -0.205. The van der Waals surface area contributed by atoms with Crippen molar-refractivity contribution in [2.45, 2.75) is 36.6 Å². The molecule has 240 valence electrons. The summed E-state index contributed by atoms with van der Waals surface area (Å²) in [4.78, 5) is 109. The molecule has 0 radical (unpaired) electrons. The Morgan fingerprint density at radius 3 is 0.800 bits per heavy atom. The SMILES string of the molecule is O=P(O)(O)OC1[C@@H](OP(=O)(O)OP(=O)(O)O)[C@H](OP(=O)(O)O)C(O)[C@H](OP(=O)(O)O)[C@@H]1OP(=O)(O)OP(=O)(O)O. The van der Waals surface area contributed by atoms with Gasteiger partial charge in [-0.2, -0.15) is 8.62 Å². The first kappa shape index (κ1) is 38.8. The van der Waals surface area contributed by atoms with Crippen molar-refractivity contribution >= 4 is 54.8 Å². The molecule has 0 spiro atoms. The third kappa shape index (κ3) is 14.5. The van der Waals surface area contributed by atoms with Gasteiger partial charge in [0.05, 0.1) is 0 Å². The quantitative estimate of drug-likeness (QED) is 0.0788. The Labute approximate surface area is 219 Å². The molecule has 1 rings (SSSR count). The fraction of sp³-hybridized carbons (Fsp3) is 1.00. The minimum absolute atomic E-state index is 3.17. The van der Waals surface area contributed by atoms with E-state index in [2.05, 4.69) is 31.2 Å². The van der Waals surface area contributed by atoms with Gasteiger partial charge in [0.25, 0.3) is 0 Å². The Kier molecular flexibility index (Phi) is 12.7. The third-order valence-electron chi connectivity index (χ3n) is 3.67. The Hall–Kier alpha value is 0.810. The Morgan fingerprint density at radius 2 is 0.575 bits per heavy atom. The van der Waals surface area contributed by atoms with E-state index in [0.29, 0.717) is 0 Å². The van der Waals surface area contributed by atoms with E-state index in [9.17, 15) is 56.6 Å².